The predicted octanol–water partition coefficient (Wildman–Crippen LogP) is 7.65. The summed E-state index contributed by atoms with van der Waals surface area (Å²) in [5.74, 6) is 1.42. The van der Waals surface area contributed by atoms with Crippen LogP contribution in [0.2, 0.25) is 0 Å². The fourth-order valence-electron chi connectivity index (χ4n) is 10.4. The fourth-order valence-corrected chi connectivity index (χ4v) is 10.4. The van der Waals surface area contributed by atoms with Gasteiger partial charge in [0.15, 0.2) is 0 Å². The Hall–Kier alpha value is -3.61. The van der Waals surface area contributed by atoms with E-state index in [0.29, 0.717) is 12.5 Å². The molecule has 4 amide bonds. The van der Waals surface area contributed by atoms with Crippen molar-refractivity contribution in [1.29, 1.82) is 5.26 Å². The molecule has 2 spiro atoms. The Morgan fingerprint density at radius 3 is 1.57 bits per heavy atom. The first-order chi connectivity index (χ1) is 25.8. The zero-order valence-electron chi connectivity index (χ0n) is 33.9. The molecule has 0 atom stereocenters. The third-order valence-electron chi connectivity index (χ3n) is 14.5. The van der Waals surface area contributed by atoms with Gasteiger partial charge in [-0.05, 0) is 142 Å². The van der Waals surface area contributed by atoms with Crippen molar-refractivity contribution in [2.45, 2.75) is 113 Å². The maximum Gasteiger partial charge on any atom is 0.320 e. The SMILES string of the molecule is CN(C)C1(c2ccccc2)CCC2(CC1)CN(CC(C)(C)C#N)C(=O)N2CC1CC1.CN(C)C1(c2ccccc2)CCC2(CC1)CNC(=O)N2CC1CC1. The zero-order chi connectivity index (χ0) is 38.4. The highest BCUT2D eigenvalue weighted by Gasteiger charge is 2.56. The van der Waals surface area contributed by atoms with E-state index in [4.69, 9.17) is 0 Å². The molecule has 0 bridgehead atoms. The monoisotopic (exact) mass is 736 g/mol. The van der Waals surface area contributed by atoms with Gasteiger partial charge < -0.3 is 20.0 Å². The van der Waals surface area contributed by atoms with Crippen molar-refractivity contribution >= 4 is 12.1 Å². The van der Waals surface area contributed by atoms with Gasteiger partial charge >= 0.3 is 12.1 Å². The summed E-state index contributed by atoms with van der Waals surface area (Å²) in [6, 6.07) is 24.5. The van der Waals surface area contributed by atoms with Crippen molar-refractivity contribution in [2.24, 2.45) is 17.3 Å². The first-order valence-corrected chi connectivity index (χ1v) is 20.8. The molecule has 2 aromatic rings. The third kappa shape index (κ3) is 7.38. The Labute approximate surface area is 325 Å². The molecule has 2 aliphatic heterocycles. The first kappa shape index (κ1) is 38.7. The Balaban J connectivity index is 0.000000171. The molecule has 9 heteroatoms. The lowest BCUT2D eigenvalue weighted by molar-refractivity contribution is 0.0231. The average molecular weight is 736 g/mol. The number of hydrogen-bond acceptors (Lipinski definition) is 5. The Morgan fingerprint density at radius 1 is 0.704 bits per heavy atom. The molecule has 292 valence electrons. The molecule has 9 nitrogen and oxygen atoms in total. The van der Waals surface area contributed by atoms with Gasteiger partial charge in [0.05, 0.1) is 22.6 Å². The van der Waals surface area contributed by atoms with Crippen molar-refractivity contribution in [2.75, 3.05) is 60.9 Å². The van der Waals surface area contributed by atoms with Crippen LogP contribution in [0.3, 0.4) is 0 Å². The summed E-state index contributed by atoms with van der Waals surface area (Å²) in [6.07, 6.45) is 13.6. The lowest BCUT2D eigenvalue weighted by atomic mass is 9.68. The average Bonchev–Trinajstić information content (AvgIpc) is 4.12. The molecule has 2 heterocycles. The van der Waals surface area contributed by atoms with Crippen LogP contribution < -0.4 is 5.32 Å². The van der Waals surface area contributed by atoms with Gasteiger partial charge in [0.1, 0.15) is 0 Å². The van der Waals surface area contributed by atoms with Gasteiger partial charge in [-0.3, -0.25) is 9.80 Å². The van der Waals surface area contributed by atoms with Crippen LogP contribution in [0, 0.1) is 28.6 Å². The molecule has 0 aromatic heterocycles. The smallest absolute Gasteiger partial charge is 0.320 e. The van der Waals surface area contributed by atoms with Crippen LogP contribution in [0.1, 0.15) is 102 Å². The maximum absolute atomic E-state index is 13.4. The molecule has 0 unspecified atom stereocenters. The van der Waals surface area contributed by atoms with Crippen LogP contribution >= 0.6 is 0 Å². The molecule has 1 N–H and O–H groups in total. The zero-order valence-corrected chi connectivity index (χ0v) is 33.9. The van der Waals surface area contributed by atoms with E-state index in [2.05, 4.69) is 120 Å². The number of benzene rings is 2. The van der Waals surface area contributed by atoms with E-state index in [-0.39, 0.29) is 34.2 Å². The van der Waals surface area contributed by atoms with Gasteiger partial charge in [-0.2, -0.15) is 5.26 Å². The van der Waals surface area contributed by atoms with Crippen molar-refractivity contribution in [3.63, 3.8) is 0 Å². The number of nitrogens with zero attached hydrogens (tertiary/aromatic N) is 6. The molecule has 0 radical (unpaired) electrons. The minimum Gasteiger partial charge on any atom is -0.336 e. The maximum atomic E-state index is 13.4. The number of urea groups is 2. The van der Waals surface area contributed by atoms with E-state index < -0.39 is 5.41 Å². The van der Waals surface area contributed by atoms with Crippen LogP contribution in [-0.2, 0) is 11.1 Å². The van der Waals surface area contributed by atoms with E-state index in [9.17, 15) is 14.9 Å². The number of amides is 4. The summed E-state index contributed by atoms with van der Waals surface area (Å²) < 4.78 is 0. The van der Waals surface area contributed by atoms with Crippen molar-refractivity contribution < 1.29 is 9.59 Å². The largest absolute Gasteiger partial charge is 0.336 e. The quantitative estimate of drug-likeness (QED) is 0.271. The van der Waals surface area contributed by atoms with Crippen LogP contribution in [0.25, 0.3) is 0 Å². The number of carbonyl (C=O) groups excluding carboxylic acids is 2. The third-order valence-corrected chi connectivity index (χ3v) is 14.5. The fraction of sp³-hybridized carbons (Fsp3) is 0.667. The lowest BCUT2D eigenvalue weighted by Crippen LogP contribution is -2.55. The highest BCUT2D eigenvalue weighted by molar-refractivity contribution is 5.79. The normalized spacial score (nSPS) is 31.3. The van der Waals surface area contributed by atoms with Crippen LogP contribution in [-0.4, -0.2) is 109 Å². The van der Waals surface area contributed by atoms with Gasteiger partial charge in [-0.25, -0.2) is 9.59 Å². The number of hydrogen-bond donors (Lipinski definition) is 1. The lowest BCUT2D eigenvalue weighted by Gasteiger charge is -2.51. The van der Waals surface area contributed by atoms with E-state index in [1.165, 1.54) is 36.8 Å². The summed E-state index contributed by atoms with van der Waals surface area (Å²) >= 11 is 0. The molecule has 6 aliphatic rings. The minimum absolute atomic E-state index is 0.0279. The topological polar surface area (TPSA) is 86.2 Å². The number of carbonyl (C=O) groups is 2. The molecule has 4 aliphatic carbocycles. The molecule has 2 aromatic carbocycles. The highest BCUT2D eigenvalue weighted by atomic mass is 16.2. The van der Waals surface area contributed by atoms with Gasteiger partial charge in [-0.15, -0.1) is 0 Å². The highest BCUT2D eigenvalue weighted by Crippen LogP contribution is 2.51. The van der Waals surface area contributed by atoms with Crippen molar-refractivity contribution in [3.8, 4) is 6.07 Å². The second-order valence-electron chi connectivity index (χ2n) is 18.9. The molecule has 54 heavy (non-hydrogen) atoms. The molecule has 2 saturated heterocycles. The van der Waals surface area contributed by atoms with Crippen molar-refractivity contribution in [3.05, 3.63) is 71.8 Å². The summed E-state index contributed by atoms with van der Waals surface area (Å²) in [5, 5.41) is 12.6. The van der Waals surface area contributed by atoms with Crippen molar-refractivity contribution in [1.82, 2.24) is 29.8 Å². The van der Waals surface area contributed by atoms with Gasteiger partial charge in [0.2, 0.25) is 0 Å². The standard InChI is InChI=1S/C25H36N4O.C20H29N3O/c1-23(2,17-26)18-28-19-24(29(22(28)30)16-20-10-11-20)12-14-25(15-13-24,27(3)4)21-8-6-5-7-9-21;1-22(2)20(17-6-4-3-5-7-17)12-10-19(11-13-20)15-21-18(24)23(19)14-16-8-9-16/h5-9,20H,10-16,18-19H2,1-4H3;3-7,16H,8-15H2,1-2H3,(H,21,24). The van der Waals surface area contributed by atoms with E-state index >= 15 is 0 Å². The van der Waals surface area contributed by atoms with E-state index in [1.54, 1.807) is 0 Å². The van der Waals surface area contributed by atoms with Gasteiger partial charge in [-0.1, -0.05) is 60.7 Å². The second-order valence-corrected chi connectivity index (χ2v) is 18.9. The summed E-state index contributed by atoms with van der Waals surface area (Å²) in [5.41, 5.74) is 2.37. The molecular weight excluding hydrogens is 671 g/mol. The number of nitrogens with one attached hydrogen (secondary N) is 1. The van der Waals surface area contributed by atoms with Crippen LogP contribution in [0.15, 0.2) is 60.7 Å². The van der Waals surface area contributed by atoms with Crippen LogP contribution in [0.4, 0.5) is 9.59 Å². The number of nitriles is 1. The minimum atomic E-state index is -0.515. The summed E-state index contributed by atoms with van der Waals surface area (Å²) in [4.78, 5) is 37.0. The first-order valence-electron chi connectivity index (χ1n) is 20.8. The molecular formula is C45H65N7O2. The van der Waals surface area contributed by atoms with E-state index in [0.717, 1.165) is 83.5 Å². The summed E-state index contributed by atoms with van der Waals surface area (Å²) in [7, 11) is 8.78. The summed E-state index contributed by atoms with van der Waals surface area (Å²) in [6.45, 7) is 7.84. The molecule has 6 fully saturated rings. The molecule has 8 rings (SSSR count). The predicted molar refractivity (Wildman–Crippen MR) is 215 cm³/mol. The number of rotatable bonds is 10. The Bertz CT molecular complexity index is 1660. The second kappa shape index (κ2) is 14.8. The Morgan fingerprint density at radius 2 is 1.15 bits per heavy atom. The molecule has 4 saturated carbocycles. The van der Waals surface area contributed by atoms with E-state index in [1.807, 2.05) is 18.7 Å². The Kier molecular flexibility index (Phi) is 10.6. The van der Waals surface area contributed by atoms with Crippen LogP contribution in [0.5, 0.6) is 0 Å². The van der Waals surface area contributed by atoms with Gasteiger partial charge in [0, 0.05) is 43.8 Å². The van der Waals surface area contributed by atoms with Gasteiger partial charge in [0.25, 0.3) is 0 Å².